The highest BCUT2D eigenvalue weighted by atomic mass is 35.5. The molecule has 0 aliphatic heterocycles. The molecule has 0 aliphatic carbocycles. The maximum absolute atomic E-state index is 5.88. The van der Waals surface area contributed by atoms with E-state index in [4.69, 9.17) is 11.6 Å². The zero-order valence-electron chi connectivity index (χ0n) is 11.3. The predicted octanol–water partition coefficient (Wildman–Crippen LogP) is 2.99. The van der Waals surface area contributed by atoms with Crippen molar-refractivity contribution in [1.82, 2.24) is 25.2 Å². The fourth-order valence-corrected chi connectivity index (χ4v) is 3.67. The van der Waals surface area contributed by atoms with Crippen LogP contribution >= 0.6 is 34.7 Å². The Labute approximate surface area is 134 Å². The van der Waals surface area contributed by atoms with Gasteiger partial charge in [0, 0.05) is 19.8 Å². The van der Waals surface area contributed by atoms with Gasteiger partial charge >= 0.3 is 0 Å². The van der Waals surface area contributed by atoms with E-state index in [-0.39, 0.29) is 0 Å². The van der Waals surface area contributed by atoms with Gasteiger partial charge in [-0.3, -0.25) is 0 Å². The van der Waals surface area contributed by atoms with E-state index in [1.54, 1.807) is 10.9 Å². The molecule has 21 heavy (non-hydrogen) atoms. The van der Waals surface area contributed by atoms with Crippen LogP contribution in [0.15, 0.2) is 40.0 Å². The second-order valence-electron chi connectivity index (χ2n) is 4.32. The summed E-state index contributed by atoms with van der Waals surface area (Å²) in [6, 6.07) is 7.99. The number of thiazole rings is 1. The van der Waals surface area contributed by atoms with Crippen LogP contribution in [0.1, 0.15) is 0 Å². The van der Waals surface area contributed by atoms with Gasteiger partial charge in [-0.25, -0.2) is 4.98 Å². The van der Waals surface area contributed by atoms with Crippen LogP contribution in [-0.2, 0) is 0 Å². The largest absolute Gasteiger partial charge is 0.378 e. The molecule has 3 rings (SSSR count). The van der Waals surface area contributed by atoms with Gasteiger partial charge in [0.15, 0.2) is 4.34 Å². The lowest BCUT2D eigenvalue weighted by atomic mass is 10.3. The molecule has 3 aromatic rings. The number of hydrogen-bond acceptors (Lipinski definition) is 7. The van der Waals surface area contributed by atoms with Gasteiger partial charge < -0.3 is 4.90 Å². The second-order valence-corrected chi connectivity index (χ2v) is 7.19. The van der Waals surface area contributed by atoms with Gasteiger partial charge in [0.05, 0.1) is 11.9 Å². The molecule has 0 saturated carbocycles. The van der Waals surface area contributed by atoms with Crippen molar-refractivity contribution < 1.29 is 0 Å². The lowest BCUT2D eigenvalue weighted by Gasteiger charge is -2.12. The molecule has 0 saturated heterocycles. The fourth-order valence-electron chi connectivity index (χ4n) is 1.66. The molecule has 2 aromatic heterocycles. The average molecular weight is 339 g/mol. The van der Waals surface area contributed by atoms with E-state index < -0.39 is 0 Å². The Balaban J connectivity index is 1.87. The van der Waals surface area contributed by atoms with Crippen LogP contribution in [0, 0.1) is 0 Å². The van der Waals surface area contributed by atoms with Crippen molar-refractivity contribution in [3.8, 4) is 5.69 Å². The van der Waals surface area contributed by atoms with E-state index >= 15 is 0 Å². The van der Waals surface area contributed by atoms with E-state index in [9.17, 15) is 0 Å². The molecule has 0 unspecified atom stereocenters. The van der Waals surface area contributed by atoms with Gasteiger partial charge in [-0.1, -0.05) is 22.9 Å². The van der Waals surface area contributed by atoms with E-state index in [2.05, 4.69) is 20.5 Å². The van der Waals surface area contributed by atoms with E-state index in [1.807, 2.05) is 43.3 Å². The van der Waals surface area contributed by atoms with Crippen molar-refractivity contribution in [3.63, 3.8) is 0 Å². The third-order valence-corrected chi connectivity index (χ3v) is 4.81. The molecule has 108 valence electrons. The Hall–Kier alpha value is -1.64. The number of hydrogen-bond donors (Lipinski definition) is 0. The molecule has 9 heteroatoms. The van der Waals surface area contributed by atoms with Crippen LogP contribution in [0.2, 0.25) is 4.34 Å². The van der Waals surface area contributed by atoms with Gasteiger partial charge in [-0.15, -0.1) is 5.10 Å². The summed E-state index contributed by atoms with van der Waals surface area (Å²) in [5.41, 5.74) is 2.02. The molecule has 0 fully saturated rings. The highest BCUT2D eigenvalue weighted by Crippen LogP contribution is 2.32. The normalized spacial score (nSPS) is 10.8. The van der Waals surface area contributed by atoms with Crippen molar-refractivity contribution in [1.29, 1.82) is 0 Å². The molecule has 2 heterocycles. The highest BCUT2D eigenvalue weighted by molar-refractivity contribution is 8.00. The maximum Gasteiger partial charge on any atom is 0.221 e. The first kappa shape index (κ1) is 14.3. The molecular weight excluding hydrogens is 328 g/mol. The summed E-state index contributed by atoms with van der Waals surface area (Å²) < 4.78 is 3.13. The van der Waals surface area contributed by atoms with Crippen LogP contribution in [0.25, 0.3) is 5.69 Å². The molecule has 0 radical (unpaired) electrons. The Bertz CT molecular complexity index is 736. The molecule has 0 spiro atoms. The Kier molecular flexibility index (Phi) is 4.09. The number of aromatic nitrogens is 5. The SMILES string of the molecule is CN(C)c1ccc(-n2nnnc2Sc2ncc(Cl)s2)cc1. The number of rotatable bonds is 4. The van der Waals surface area contributed by atoms with Crippen molar-refractivity contribution in [2.75, 3.05) is 19.0 Å². The molecule has 0 N–H and O–H groups in total. The number of nitrogens with zero attached hydrogens (tertiary/aromatic N) is 6. The lowest BCUT2D eigenvalue weighted by molar-refractivity contribution is 0.756. The summed E-state index contributed by atoms with van der Waals surface area (Å²) in [5.74, 6) is 0. The number of halogens is 1. The van der Waals surface area contributed by atoms with Crippen LogP contribution in [-0.4, -0.2) is 39.3 Å². The number of tetrazole rings is 1. The van der Waals surface area contributed by atoms with E-state index in [0.717, 1.165) is 15.7 Å². The maximum atomic E-state index is 5.88. The molecule has 0 aliphatic rings. The fraction of sp³-hybridized carbons (Fsp3) is 0.167. The van der Waals surface area contributed by atoms with E-state index in [1.165, 1.54) is 23.1 Å². The molecule has 0 amide bonds. The van der Waals surface area contributed by atoms with Crippen molar-refractivity contribution in [3.05, 3.63) is 34.8 Å². The number of anilines is 1. The third kappa shape index (κ3) is 3.17. The minimum atomic E-state index is 0.645. The molecule has 6 nitrogen and oxygen atoms in total. The Morgan fingerprint density at radius 3 is 2.62 bits per heavy atom. The van der Waals surface area contributed by atoms with E-state index in [0.29, 0.717) is 9.49 Å². The molecule has 0 bridgehead atoms. The first-order valence-electron chi connectivity index (χ1n) is 5.99. The zero-order valence-corrected chi connectivity index (χ0v) is 13.7. The topological polar surface area (TPSA) is 59.7 Å². The van der Waals surface area contributed by atoms with Crippen molar-refractivity contribution in [2.24, 2.45) is 0 Å². The lowest BCUT2D eigenvalue weighted by Crippen LogP contribution is -2.08. The van der Waals surface area contributed by atoms with Gasteiger partial charge in [0.25, 0.3) is 0 Å². The first-order valence-corrected chi connectivity index (χ1v) is 8.00. The van der Waals surface area contributed by atoms with Gasteiger partial charge in [-0.05, 0) is 46.5 Å². The summed E-state index contributed by atoms with van der Waals surface area (Å²) in [6.45, 7) is 0. The van der Waals surface area contributed by atoms with Gasteiger partial charge in [0.1, 0.15) is 4.34 Å². The summed E-state index contributed by atoms with van der Waals surface area (Å²) in [4.78, 5) is 6.24. The number of benzene rings is 1. The average Bonchev–Trinajstić information content (AvgIpc) is 3.09. The van der Waals surface area contributed by atoms with Gasteiger partial charge in [-0.2, -0.15) is 4.68 Å². The standard InChI is InChI=1S/C12H11ClN6S2/c1-18(2)8-3-5-9(6-4-8)19-11(15-16-17-19)21-12-14-7-10(13)20-12/h3-7H,1-2H3. The third-order valence-electron chi connectivity index (χ3n) is 2.69. The summed E-state index contributed by atoms with van der Waals surface area (Å²) >= 11 is 8.67. The monoisotopic (exact) mass is 338 g/mol. The van der Waals surface area contributed by atoms with Crippen molar-refractivity contribution in [2.45, 2.75) is 9.50 Å². The minimum Gasteiger partial charge on any atom is -0.378 e. The quantitative estimate of drug-likeness (QED) is 0.729. The Morgan fingerprint density at radius 2 is 2.00 bits per heavy atom. The molecule has 1 aromatic carbocycles. The van der Waals surface area contributed by atoms with Crippen LogP contribution in [0.4, 0.5) is 5.69 Å². The van der Waals surface area contributed by atoms with Crippen LogP contribution in [0.5, 0.6) is 0 Å². The molecule has 0 atom stereocenters. The summed E-state index contributed by atoms with van der Waals surface area (Å²) in [6.07, 6.45) is 1.62. The smallest absolute Gasteiger partial charge is 0.221 e. The predicted molar refractivity (Wildman–Crippen MR) is 84.7 cm³/mol. The van der Waals surface area contributed by atoms with Gasteiger partial charge in [0.2, 0.25) is 5.16 Å². The summed E-state index contributed by atoms with van der Waals surface area (Å²) in [7, 11) is 4.00. The van der Waals surface area contributed by atoms with Crippen LogP contribution in [0.3, 0.4) is 0 Å². The zero-order chi connectivity index (χ0) is 14.8. The van der Waals surface area contributed by atoms with Crippen molar-refractivity contribution >= 4 is 40.4 Å². The Morgan fingerprint density at radius 1 is 1.24 bits per heavy atom. The summed E-state index contributed by atoms with van der Waals surface area (Å²) in [5, 5.41) is 12.4. The second kappa shape index (κ2) is 6.00. The molecular formula is C12H11ClN6S2. The highest BCUT2D eigenvalue weighted by Gasteiger charge is 2.12. The minimum absolute atomic E-state index is 0.645. The first-order chi connectivity index (χ1) is 10.1. The van der Waals surface area contributed by atoms with Crippen LogP contribution < -0.4 is 4.90 Å².